The van der Waals surface area contributed by atoms with Gasteiger partial charge in [0, 0.05) is 25.3 Å². The molecule has 1 aliphatic heterocycles. The van der Waals surface area contributed by atoms with Crippen molar-refractivity contribution in [1.29, 1.82) is 0 Å². The van der Waals surface area contributed by atoms with Crippen molar-refractivity contribution in [2.75, 3.05) is 26.7 Å². The van der Waals surface area contributed by atoms with E-state index in [0.717, 1.165) is 42.0 Å². The van der Waals surface area contributed by atoms with Crippen molar-refractivity contribution in [3.05, 3.63) is 23.3 Å². The van der Waals surface area contributed by atoms with Gasteiger partial charge in [0.1, 0.15) is 0 Å². The maximum absolute atomic E-state index is 5.61. The van der Waals surface area contributed by atoms with E-state index in [2.05, 4.69) is 51.4 Å². The molecule has 1 N–H and O–H groups in total. The summed E-state index contributed by atoms with van der Waals surface area (Å²) in [6.45, 7) is 8.80. The molecular formula is C17H23ClN6O2. The van der Waals surface area contributed by atoms with Crippen LogP contribution in [0.25, 0.3) is 22.6 Å². The van der Waals surface area contributed by atoms with Crippen LogP contribution in [0.4, 0.5) is 0 Å². The van der Waals surface area contributed by atoms with E-state index in [4.69, 9.17) is 9.05 Å². The molecule has 4 heterocycles. The van der Waals surface area contributed by atoms with E-state index in [-0.39, 0.29) is 24.4 Å². The predicted octanol–water partition coefficient (Wildman–Crippen LogP) is 2.70. The van der Waals surface area contributed by atoms with Crippen LogP contribution in [0, 0.1) is 6.92 Å². The smallest absolute Gasteiger partial charge is 0.259 e. The van der Waals surface area contributed by atoms with E-state index in [1.165, 1.54) is 0 Å². The van der Waals surface area contributed by atoms with Crippen LogP contribution >= 0.6 is 12.4 Å². The molecule has 4 rings (SSSR count). The highest BCUT2D eigenvalue weighted by Gasteiger charge is 2.27. The average molecular weight is 379 g/mol. The van der Waals surface area contributed by atoms with Gasteiger partial charge in [-0.15, -0.1) is 12.4 Å². The van der Waals surface area contributed by atoms with Crippen molar-refractivity contribution in [3.63, 3.8) is 0 Å². The highest BCUT2D eigenvalue weighted by Crippen LogP contribution is 2.34. The van der Waals surface area contributed by atoms with Crippen molar-refractivity contribution in [2.45, 2.75) is 32.7 Å². The first-order valence-electron chi connectivity index (χ1n) is 8.56. The normalized spacial score (nSPS) is 18.4. The van der Waals surface area contributed by atoms with Gasteiger partial charge in [-0.25, -0.2) is 4.98 Å². The number of aromatic nitrogens is 4. The van der Waals surface area contributed by atoms with Gasteiger partial charge in [0.25, 0.3) is 11.6 Å². The van der Waals surface area contributed by atoms with E-state index < -0.39 is 0 Å². The first-order chi connectivity index (χ1) is 12.0. The van der Waals surface area contributed by atoms with Crippen molar-refractivity contribution >= 4 is 23.5 Å². The van der Waals surface area contributed by atoms with Crippen molar-refractivity contribution < 1.29 is 9.05 Å². The summed E-state index contributed by atoms with van der Waals surface area (Å²) in [7, 11) is 2.08. The second kappa shape index (κ2) is 7.30. The van der Waals surface area contributed by atoms with Gasteiger partial charge in [-0.05, 0) is 26.0 Å². The molecule has 0 bridgehead atoms. The number of aryl methyl sites for hydroxylation is 1. The number of hydrogen-bond acceptors (Lipinski definition) is 8. The summed E-state index contributed by atoms with van der Waals surface area (Å²) < 4.78 is 11.0. The van der Waals surface area contributed by atoms with Crippen LogP contribution in [0.1, 0.15) is 43.0 Å². The quantitative estimate of drug-likeness (QED) is 0.743. The number of likely N-dealkylation sites (N-methyl/N-ethyl adjacent to an activating group) is 1. The molecule has 8 nitrogen and oxygen atoms in total. The highest BCUT2D eigenvalue weighted by molar-refractivity contribution is 5.91. The third-order valence-electron chi connectivity index (χ3n) is 4.63. The van der Waals surface area contributed by atoms with Crippen molar-refractivity contribution in [1.82, 2.24) is 30.5 Å². The molecule has 9 heteroatoms. The fourth-order valence-corrected chi connectivity index (χ4v) is 3.23. The molecule has 0 spiro atoms. The maximum atomic E-state index is 5.61. The lowest BCUT2D eigenvalue weighted by atomic mass is 10.0. The minimum Gasteiger partial charge on any atom is -0.335 e. The van der Waals surface area contributed by atoms with Gasteiger partial charge in [0.15, 0.2) is 5.82 Å². The summed E-state index contributed by atoms with van der Waals surface area (Å²) in [4.78, 5) is 11.3. The standard InChI is InChI=1S/C17H22N6O2.ClH/c1-9(2)14-13-11(7-10(3)19-17(13)25-21-14)16-20-15(22-24-16)12-8-18-5-6-23(12)4;/h7,9,12,18H,5-6,8H2,1-4H3;1H. The monoisotopic (exact) mass is 378 g/mol. The summed E-state index contributed by atoms with van der Waals surface area (Å²) in [5.74, 6) is 1.38. The number of hydrogen-bond donors (Lipinski definition) is 1. The zero-order valence-corrected chi connectivity index (χ0v) is 16.1. The Kier molecular flexibility index (Phi) is 5.27. The summed E-state index contributed by atoms with van der Waals surface area (Å²) in [5.41, 5.74) is 3.02. The van der Waals surface area contributed by atoms with Gasteiger partial charge in [-0.2, -0.15) is 4.98 Å². The van der Waals surface area contributed by atoms with Crippen LogP contribution in [0.3, 0.4) is 0 Å². The molecule has 1 saturated heterocycles. The van der Waals surface area contributed by atoms with Crippen LogP contribution in [0.15, 0.2) is 15.1 Å². The van der Waals surface area contributed by atoms with E-state index in [9.17, 15) is 0 Å². The molecular weight excluding hydrogens is 356 g/mol. The molecule has 140 valence electrons. The molecule has 1 atom stereocenters. The number of rotatable bonds is 3. The second-order valence-corrected chi connectivity index (χ2v) is 6.87. The molecule has 1 aliphatic rings. The molecule has 0 aromatic carbocycles. The number of fused-ring (bicyclic) bond motifs is 1. The molecule has 0 amide bonds. The van der Waals surface area contributed by atoms with E-state index >= 15 is 0 Å². The Balaban J connectivity index is 0.00000196. The van der Waals surface area contributed by atoms with Gasteiger partial charge in [0.2, 0.25) is 0 Å². The Morgan fingerprint density at radius 2 is 2.04 bits per heavy atom. The maximum Gasteiger partial charge on any atom is 0.259 e. The van der Waals surface area contributed by atoms with Crippen LogP contribution < -0.4 is 5.32 Å². The molecule has 0 saturated carbocycles. The Hall–Kier alpha value is -2.03. The molecule has 1 fully saturated rings. The molecule has 1 unspecified atom stereocenters. The molecule has 3 aromatic heterocycles. The number of pyridine rings is 1. The highest BCUT2D eigenvalue weighted by atomic mass is 35.5. The lowest BCUT2D eigenvalue weighted by Gasteiger charge is -2.30. The van der Waals surface area contributed by atoms with Gasteiger partial charge >= 0.3 is 0 Å². The third-order valence-corrected chi connectivity index (χ3v) is 4.63. The Bertz CT molecular complexity index is 906. The first kappa shape index (κ1) is 18.8. The van der Waals surface area contributed by atoms with Crippen LogP contribution in [0.5, 0.6) is 0 Å². The topological polar surface area (TPSA) is 93.1 Å². The number of nitrogens with zero attached hydrogens (tertiary/aromatic N) is 5. The lowest BCUT2D eigenvalue weighted by Crippen LogP contribution is -2.44. The predicted molar refractivity (Wildman–Crippen MR) is 99.4 cm³/mol. The minimum atomic E-state index is 0. The zero-order chi connectivity index (χ0) is 17.6. The van der Waals surface area contributed by atoms with Crippen molar-refractivity contribution in [2.24, 2.45) is 0 Å². The summed E-state index contributed by atoms with van der Waals surface area (Å²) >= 11 is 0. The lowest BCUT2D eigenvalue weighted by molar-refractivity contribution is 0.190. The summed E-state index contributed by atoms with van der Waals surface area (Å²) in [6, 6.07) is 2.06. The van der Waals surface area contributed by atoms with Gasteiger partial charge in [-0.1, -0.05) is 24.2 Å². The SMILES string of the molecule is Cc1cc(-c2nc(C3CNCCN3C)no2)c2c(C(C)C)noc2n1.Cl. The summed E-state index contributed by atoms with van der Waals surface area (Å²) in [5, 5.41) is 12.6. The minimum absolute atomic E-state index is 0. The molecule has 0 aliphatic carbocycles. The largest absolute Gasteiger partial charge is 0.335 e. The van der Waals surface area contributed by atoms with E-state index in [1.807, 2.05) is 13.0 Å². The van der Waals surface area contributed by atoms with Crippen LogP contribution in [-0.2, 0) is 0 Å². The fraction of sp³-hybridized carbons (Fsp3) is 0.529. The molecule has 0 radical (unpaired) electrons. The van der Waals surface area contributed by atoms with E-state index in [0.29, 0.717) is 17.4 Å². The number of halogens is 1. The molecule has 3 aromatic rings. The second-order valence-electron chi connectivity index (χ2n) is 6.87. The Morgan fingerprint density at radius 3 is 2.77 bits per heavy atom. The van der Waals surface area contributed by atoms with Gasteiger partial charge in [-0.3, -0.25) is 4.90 Å². The van der Waals surface area contributed by atoms with Crippen molar-refractivity contribution in [3.8, 4) is 11.5 Å². The number of piperazine rings is 1. The number of nitrogens with one attached hydrogen (secondary N) is 1. The molecule has 26 heavy (non-hydrogen) atoms. The summed E-state index contributed by atoms with van der Waals surface area (Å²) in [6.07, 6.45) is 0. The zero-order valence-electron chi connectivity index (χ0n) is 15.3. The Morgan fingerprint density at radius 1 is 1.23 bits per heavy atom. The van der Waals surface area contributed by atoms with E-state index in [1.54, 1.807) is 0 Å². The first-order valence-corrected chi connectivity index (χ1v) is 8.56. The van der Waals surface area contributed by atoms with Gasteiger partial charge < -0.3 is 14.4 Å². The van der Waals surface area contributed by atoms with Gasteiger partial charge in [0.05, 0.1) is 22.7 Å². The Labute approximate surface area is 157 Å². The third kappa shape index (κ3) is 3.20. The fourth-order valence-electron chi connectivity index (χ4n) is 3.23. The van der Waals surface area contributed by atoms with Crippen LogP contribution in [0.2, 0.25) is 0 Å². The van der Waals surface area contributed by atoms with Crippen LogP contribution in [-0.4, -0.2) is 51.9 Å². The average Bonchev–Trinajstić information content (AvgIpc) is 3.21.